The molecule has 1 atom stereocenters. The number of ether oxygens (including phenoxy) is 1. The van der Waals surface area contributed by atoms with Gasteiger partial charge in [-0.25, -0.2) is 0 Å². The molecule has 0 heterocycles. The van der Waals surface area contributed by atoms with E-state index in [1.165, 1.54) is 0 Å². The molecule has 1 saturated carbocycles. The number of carbonyl (C=O) groups is 2. The van der Waals surface area contributed by atoms with Crippen molar-refractivity contribution >= 4 is 23.4 Å². The Hall–Kier alpha value is -2.53. The fourth-order valence-electron chi connectivity index (χ4n) is 3.72. The Morgan fingerprint density at radius 3 is 2.43 bits per heavy atom. The number of carbonyl (C=O) groups excluding carboxylic acids is 2. The molecule has 3 rings (SSSR count). The van der Waals surface area contributed by atoms with E-state index in [2.05, 4.69) is 5.32 Å². The third-order valence-corrected chi connectivity index (χ3v) is 5.78. The molecule has 0 radical (unpaired) electrons. The highest BCUT2D eigenvalue weighted by Gasteiger charge is 2.28. The molecule has 0 saturated heterocycles. The van der Waals surface area contributed by atoms with Crippen molar-refractivity contribution in [2.75, 3.05) is 13.2 Å². The molecular weight excluding hydrogens is 400 g/mol. The summed E-state index contributed by atoms with van der Waals surface area (Å²) in [5.41, 5.74) is 1.12. The molecule has 2 aromatic rings. The molecule has 1 unspecified atom stereocenters. The van der Waals surface area contributed by atoms with E-state index in [1.54, 1.807) is 36.1 Å². The van der Waals surface area contributed by atoms with E-state index in [0.29, 0.717) is 23.7 Å². The van der Waals surface area contributed by atoms with Crippen LogP contribution in [0.4, 0.5) is 0 Å². The topological polar surface area (TPSA) is 58.6 Å². The molecule has 1 fully saturated rings. The fraction of sp³-hybridized carbons (Fsp3) is 0.417. The first kappa shape index (κ1) is 22.2. The minimum absolute atomic E-state index is 0.102. The summed E-state index contributed by atoms with van der Waals surface area (Å²) < 4.78 is 5.64. The highest BCUT2D eigenvalue weighted by atomic mass is 35.5. The van der Waals surface area contributed by atoms with Crippen LogP contribution in [-0.4, -0.2) is 41.9 Å². The van der Waals surface area contributed by atoms with Crippen molar-refractivity contribution in [2.24, 2.45) is 0 Å². The van der Waals surface area contributed by atoms with E-state index in [0.717, 1.165) is 31.2 Å². The maximum Gasteiger partial charge on any atom is 0.261 e. The molecule has 0 aliphatic heterocycles. The number of nitrogens with zero attached hydrogens (tertiary/aromatic N) is 1. The minimum Gasteiger partial charge on any atom is -0.484 e. The third kappa shape index (κ3) is 6.49. The molecule has 6 heteroatoms. The van der Waals surface area contributed by atoms with Gasteiger partial charge in [-0.3, -0.25) is 9.59 Å². The van der Waals surface area contributed by atoms with Crippen LogP contribution in [0.1, 0.15) is 38.2 Å². The standard InChI is InChI=1S/C24H29ClN2O3/c1-18(24(29)26-21-9-5-6-10-21)27(16-15-19-7-3-2-4-8-19)23(28)17-30-22-13-11-20(25)12-14-22/h2-4,7-8,11-14,18,21H,5-6,9-10,15-17H2,1H3,(H,26,29). The van der Waals surface area contributed by atoms with Crippen molar-refractivity contribution in [2.45, 2.75) is 51.1 Å². The number of hydrogen-bond acceptors (Lipinski definition) is 3. The number of rotatable bonds is 9. The van der Waals surface area contributed by atoms with Crippen LogP contribution in [0.2, 0.25) is 5.02 Å². The summed E-state index contributed by atoms with van der Waals surface area (Å²) in [6, 6.07) is 16.5. The van der Waals surface area contributed by atoms with Crippen LogP contribution in [0, 0.1) is 0 Å². The van der Waals surface area contributed by atoms with E-state index in [1.807, 2.05) is 30.3 Å². The molecule has 1 N–H and O–H groups in total. The average molecular weight is 429 g/mol. The molecular formula is C24H29ClN2O3. The van der Waals surface area contributed by atoms with Gasteiger partial charge in [0.1, 0.15) is 11.8 Å². The SMILES string of the molecule is CC(C(=O)NC1CCCC1)N(CCc1ccccc1)C(=O)COc1ccc(Cl)cc1. The van der Waals surface area contributed by atoms with Crippen LogP contribution in [0.3, 0.4) is 0 Å². The van der Waals surface area contributed by atoms with Crippen LogP contribution < -0.4 is 10.1 Å². The summed E-state index contributed by atoms with van der Waals surface area (Å²) in [5.74, 6) is 0.253. The molecule has 1 aliphatic rings. The number of amides is 2. The van der Waals surface area contributed by atoms with Crippen LogP contribution in [0.15, 0.2) is 54.6 Å². The smallest absolute Gasteiger partial charge is 0.261 e. The van der Waals surface area contributed by atoms with Crippen molar-refractivity contribution in [1.82, 2.24) is 10.2 Å². The lowest BCUT2D eigenvalue weighted by atomic mass is 10.1. The molecule has 2 aromatic carbocycles. The Bertz CT molecular complexity index is 820. The molecule has 2 amide bonds. The van der Waals surface area contributed by atoms with Gasteiger partial charge in [0.15, 0.2) is 6.61 Å². The maximum absolute atomic E-state index is 13.0. The van der Waals surface area contributed by atoms with Gasteiger partial charge >= 0.3 is 0 Å². The van der Waals surface area contributed by atoms with Crippen LogP contribution >= 0.6 is 11.6 Å². The lowest BCUT2D eigenvalue weighted by Gasteiger charge is -2.29. The fourth-order valence-corrected chi connectivity index (χ4v) is 3.85. The second-order valence-corrected chi connectivity index (χ2v) is 8.17. The predicted molar refractivity (Wildman–Crippen MR) is 119 cm³/mol. The second kappa shape index (κ2) is 11.0. The van der Waals surface area contributed by atoms with Crippen molar-refractivity contribution < 1.29 is 14.3 Å². The van der Waals surface area contributed by atoms with Crippen LogP contribution in [-0.2, 0) is 16.0 Å². The van der Waals surface area contributed by atoms with E-state index in [9.17, 15) is 9.59 Å². The summed E-state index contributed by atoms with van der Waals surface area (Å²) >= 11 is 5.90. The zero-order chi connectivity index (χ0) is 21.3. The molecule has 0 spiro atoms. The average Bonchev–Trinajstić information content (AvgIpc) is 3.27. The quantitative estimate of drug-likeness (QED) is 0.650. The highest BCUT2D eigenvalue weighted by Crippen LogP contribution is 2.19. The van der Waals surface area contributed by atoms with Gasteiger partial charge in [0.2, 0.25) is 5.91 Å². The van der Waals surface area contributed by atoms with Crippen LogP contribution in [0.25, 0.3) is 0 Å². The first-order valence-electron chi connectivity index (χ1n) is 10.5. The van der Waals surface area contributed by atoms with Crippen molar-refractivity contribution in [3.05, 3.63) is 65.2 Å². The first-order valence-corrected chi connectivity index (χ1v) is 10.9. The Labute approximate surface area is 183 Å². The van der Waals surface area contributed by atoms with Gasteiger partial charge in [-0.1, -0.05) is 54.8 Å². The first-order chi connectivity index (χ1) is 14.5. The monoisotopic (exact) mass is 428 g/mol. The molecule has 160 valence electrons. The largest absolute Gasteiger partial charge is 0.484 e. The molecule has 30 heavy (non-hydrogen) atoms. The Balaban J connectivity index is 1.64. The van der Waals surface area contributed by atoms with Gasteiger partial charge in [-0.2, -0.15) is 0 Å². The summed E-state index contributed by atoms with van der Waals surface area (Å²) in [6.07, 6.45) is 4.98. The van der Waals surface area contributed by atoms with Gasteiger partial charge in [-0.15, -0.1) is 0 Å². The number of halogens is 1. The summed E-state index contributed by atoms with van der Waals surface area (Å²) in [6.45, 7) is 2.11. The molecule has 5 nitrogen and oxygen atoms in total. The summed E-state index contributed by atoms with van der Waals surface area (Å²) in [5, 5.41) is 3.71. The summed E-state index contributed by atoms with van der Waals surface area (Å²) in [7, 11) is 0. The van der Waals surface area contributed by atoms with E-state index in [4.69, 9.17) is 16.3 Å². The molecule has 1 aliphatic carbocycles. The van der Waals surface area contributed by atoms with Gasteiger partial charge < -0.3 is 15.0 Å². The lowest BCUT2D eigenvalue weighted by molar-refractivity contribution is -0.141. The predicted octanol–water partition coefficient (Wildman–Crippen LogP) is 4.24. The van der Waals surface area contributed by atoms with Gasteiger partial charge in [0.05, 0.1) is 0 Å². The van der Waals surface area contributed by atoms with Gasteiger partial charge in [-0.05, 0) is 56.0 Å². The van der Waals surface area contributed by atoms with Gasteiger partial charge in [0.25, 0.3) is 5.91 Å². The normalized spacial score (nSPS) is 14.9. The highest BCUT2D eigenvalue weighted by molar-refractivity contribution is 6.30. The Morgan fingerprint density at radius 1 is 1.10 bits per heavy atom. The van der Waals surface area contributed by atoms with Crippen molar-refractivity contribution in [3.8, 4) is 5.75 Å². The number of hydrogen-bond donors (Lipinski definition) is 1. The summed E-state index contributed by atoms with van der Waals surface area (Å²) in [4.78, 5) is 27.4. The Kier molecular flexibility index (Phi) is 8.14. The Morgan fingerprint density at radius 2 is 1.77 bits per heavy atom. The second-order valence-electron chi connectivity index (χ2n) is 7.73. The van der Waals surface area contributed by atoms with E-state index in [-0.39, 0.29) is 24.5 Å². The van der Waals surface area contributed by atoms with Crippen molar-refractivity contribution in [3.63, 3.8) is 0 Å². The number of nitrogens with one attached hydrogen (secondary N) is 1. The zero-order valence-electron chi connectivity index (χ0n) is 17.4. The number of benzene rings is 2. The zero-order valence-corrected chi connectivity index (χ0v) is 18.1. The third-order valence-electron chi connectivity index (χ3n) is 5.53. The van der Waals surface area contributed by atoms with Crippen molar-refractivity contribution in [1.29, 1.82) is 0 Å². The van der Waals surface area contributed by atoms with E-state index < -0.39 is 6.04 Å². The minimum atomic E-state index is -0.560. The molecule has 0 bridgehead atoms. The van der Waals surface area contributed by atoms with Crippen LogP contribution in [0.5, 0.6) is 5.75 Å². The lowest BCUT2D eigenvalue weighted by Crippen LogP contribution is -2.51. The maximum atomic E-state index is 13.0. The molecule has 0 aromatic heterocycles. The van der Waals surface area contributed by atoms with Gasteiger partial charge in [0, 0.05) is 17.6 Å². The van der Waals surface area contributed by atoms with E-state index >= 15 is 0 Å².